The topological polar surface area (TPSA) is 96.9 Å². The van der Waals surface area contributed by atoms with Crippen molar-refractivity contribution in [3.05, 3.63) is 78.9 Å². The molecule has 0 aliphatic carbocycles. The Morgan fingerprint density at radius 2 is 1.75 bits per heavy atom. The molecule has 0 atom stereocenters. The van der Waals surface area contributed by atoms with Crippen LogP contribution in [0.15, 0.2) is 88.8 Å². The van der Waals surface area contributed by atoms with Crippen molar-refractivity contribution in [3.8, 4) is 16.9 Å². The zero-order valence-corrected chi connectivity index (χ0v) is 18.1. The first-order chi connectivity index (χ1) is 15.5. The number of nitrogens with one attached hydrogen (secondary N) is 2. The lowest BCUT2D eigenvalue weighted by atomic mass is 10.1. The Labute approximate surface area is 187 Å². The van der Waals surface area contributed by atoms with Gasteiger partial charge in [0.2, 0.25) is 0 Å². The van der Waals surface area contributed by atoms with Crippen LogP contribution < -0.4 is 14.8 Å². The summed E-state index contributed by atoms with van der Waals surface area (Å²) in [5, 5.41) is 2.69. The molecule has 0 unspecified atom stereocenters. The molecule has 0 saturated heterocycles. The number of carbonyl (C=O) groups excluding carboxylic acids is 1. The number of hydrogen-bond donors (Lipinski definition) is 2. The van der Waals surface area contributed by atoms with E-state index in [0.29, 0.717) is 30.2 Å². The lowest BCUT2D eigenvalue weighted by Gasteiger charge is -2.12. The Hall–Kier alpha value is -3.65. The van der Waals surface area contributed by atoms with Gasteiger partial charge in [0.05, 0.1) is 4.90 Å². The van der Waals surface area contributed by atoms with E-state index in [0.717, 1.165) is 17.5 Å². The van der Waals surface area contributed by atoms with Crippen LogP contribution in [0.2, 0.25) is 0 Å². The molecule has 8 heteroatoms. The van der Waals surface area contributed by atoms with Crippen molar-refractivity contribution >= 4 is 27.5 Å². The smallest absolute Gasteiger partial charge is 0.262 e. The van der Waals surface area contributed by atoms with Crippen LogP contribution in [0, 0.1) is 0 Å². The number of amidine groups is 1. The molecule has 0 aromatic heterocycles. The summed E-state index contributed by atoms with van der Waals surface area (Å²) in [5.41, 5.74) is 2.24. The second-order valence-electron chi connectivity index (χ2n) is 7.26. The Balaban J connectivity index is 1.41. The van der Waals surface area contributed by atoms with Crippen LogP contribution in [0.25, 0.3) is 11.1 Å². The second-order valence-corrected chi connectivity index (χ2v) is 8.95. The molecule has 0 fully saturated rings. The van der Waals surface area contributed by atoms with Crippen molar-refractivity contribution in [1.29, 1.82) is 0 Å². The van der Waals surface area contributed by atoms with Crippen molar-refractivity contribution in [3.63, 3.8) is 0 Å². The van der Waals surface area contributed by atoms with E-state index >= 15 is 0 Å². The summed E-state index contributed by atoms with van der Waals surface area (Å²) in [6.07, 6.45) is 1.44. The van der Waals surface area contributed by atoms with E-state index < -0.39 is 15.9 Å². The molecule has 0 radical (unpaired) electrons. The van der Waals surface area contributed by atoms with E-state index in [4.69, 9.17) is 4.74 Å². The van der Waals surface area contributed by atoms with Crippen LogP contribution in [0.4, 0.5) is 5.69 Å². The minimum atomic E-state index is -3.76. The van der Waals surface area contributed by atoms with Crippen LogP contribution in [0.5, 0.6) is 5.75 Å². The number of ether oxygens (including phenoxy) is 1. The van der Waals surface area contributed by atoms with Gasteiger partial charge in [-0.1, -0.05) is 54.6 Å². The van der Waals surface area contributed by atoms with E-state index in [1.165, 1.54) is 12.1 Å². The van der Waals surface area contributed by atoms with Gasteiger partial charge in [0.25, 0.3) is 15.9 Å². The van der Waals surface area contributed by atoms with E-state index in [1.54, 1.807) is 18.2 Å². The van der Waals surface area contributed by atoms with Gasteiger partial charge in [0, 0.05) is 24.2 Å². The molecule has 0 spiro atoms. The van der Waals surface area contributed by atoms with Gasteiger partial charge in [-0.3, -0.25) is 14.5 Å². The average Bonchev–Trinajstić information content (AvgIpc) is 3.31. The lowest BCUT2D eigenvalue weighted by molar-refractivity contribution is -0.118. The summed E-state index contributed by atoms with van der Waals surface area (Å²) in [6, 6.07) is 23.3. The Morgan fingerprint density at radius 3 is 2.53 bits per heavy atom. The highest BCUT2D eigenvalue weighted by molar-refractivity contribution is 7.90. The number of nitrogens with zero attached hydrogens (tertiary/aromatic N) is 1. The molecule has 0 bridgehead atoms. The molecule has 2 N–H and O–H groups in total. The molecule has 32 heavy (non-hydrogen) atoms. The van der Waals surface area contributed by atoms with E-state index in [-0.39, 0.29) is 11.5 Å². The van der Waals surface area contributed by atoms with Gasteiger partial charge in [-0.05, 0) is 36.2 Å². The molecule has 3 aromatic carbocycles. The predicted molar refractivity (Wildman–Crippen MR) is 124 cm³/mol. The number of carbonyl (C=O) groups is 1. The summed E-state index contributed by atoms with van der Waals surface area (Å²) in [4.78, 5) is 16.6. The third-order valence-electron chi connectivity index (χ3n) is 4.89. The molecule has 0 saturated carbocycles. The number of benzene rings is 3. The van der Waals surface area contributed by atoms with Gasteiger partial charge in [0.15, 0.2) is 6.61 Å². The summed E-state index contributed by atoms with van der Waals surface area (Å²) < 4.78 is 33.4. The average molecular weight is 450 g/mol. The maximum atomic E-state index is 12.6. The summed E-state index contributed by atoms with van der Waals surface area (Å²) in [6.45, 7) is 0.414. The highest BCUT2D eigenvalue weighted by Gasteiger charge is 2.19. The summed E-state index contributed by atoms with van der Waals surface area (Å²) in [7, 11) is -3.76. The van der Waals surface area contributed by atoms with Crippen LogP contribution in [-0.2, 0) is 14.8 Å². The van der Waals surface area contributed by atoms with Gasteiger partial charge in [-0.15, -0.1) is 0 Å². The van der Waals surface area contributed by atoms with Crippen molar-refractivity contribution < 1.29 is 17.9 Å². The minimum absolute atomic E-state index is 0.0558. The second kappa shape index (κ2) is 9.65. The number of rotatable bonds is 7. The quantitative estimate of drug-likeness (QED) is 0.573. The Bertz CT molecular complexity index is 1240. The monoisotopic (exact) mass is 449 g/mol. The third-order valence-corrected chi connectivity index (χ3v) is 6.26. The lowest BCUT2D eigenvalue weighted by Crippen LogP contribution is -2.29. The molecule has 1 aliphatic rings. The molecule has 3 aromatic rings. The number of anilines is 1. The molecule has 1 amide bonds. The number of para-hydroxylation sites is 1. The molecule has 164 valence electrons. The molecule has 1 aliphatic heterocycles. The molecule has 1 heterocycles. The highest BCUT2D eigenvalue weighted by atomic mass is 32.2. The SMILES string of the molecule is O=C(COc1ccccc1-c1ccccc1)Nc1cccc(S(=O)(=O)NC2=NCCC2)c1. The van der Waals surface area contributed by atoms with Crippen LogP contribution in [0.3, 0.4) is 0 Å². The Morgan fingerprint density at radius 1 is 0.969 bits per heavy atom. The van der Waals surface area contributed by atoms with Gasteiger partial charge < -0.3 is 10.1 Å². The zero-order valence-electron chi connectivity index (χ0n) is 17.3. The van der Waals surface area contributed by atoms with Crippen molar-refractivity contribution in [2.45, 2.75) is 17.7 Å². The first kappa shape index (κ1) is 21.6. The summed E-state index contributed by atoms with van der Waals surface area (Å²) >= 11 is 0. The van der Waals surface area contributed by atoms with Gasteiger partial charge >= 0.3 is 0 Å². The van der Waals surface area contributed by atoms with E-state index in [1.807, 2.05) is 48.5 Å². The molecular weight excluding hydrogens is 426 g/mol. The minimum Gasteiger partial charge on any atom is -0.483 e. The largest absolute Gasteiger partial charge is 0.483 e. The number of amides is 1. The third kappa shape index (κ3) is 5.33. The first-order valence-corrected chi connectivity index (χ1v) is 11.7. The molecule has 7 nitrogen and oxygen atoms in total. The van der Waals surface area contributed by atoms with Gasteiger partial charge in [-0.25, -0.2) is 8.42 Å². The summed E-state index contributed by atoms with van der Waals surface area (Å²) in [5.74, 6) is 0.659. The van der Waals surface area contributed by atoms with Gasteiger partial charge in [-0.2, -0.15) is 0 Å². The van der Waals surface area contributed by atoms with E-state index in [2.05, 4.69) is 15.0 Å². The maximum absolute atomic E-state index is 12.6. The normalized spacial score (nSPS) is 13.3. The number of hydrogen-bond acceptors (Lipinski definition) is 5. The molecule has 4 rings (SSSR count). The van der Waals surface area contributed by atoms with Crippen molar-refractivity contribution in [2.75, 3.05) is 18.5 Å². The fourth-order valence-electron chi connectivity index (χ4n) is 3.37. The predicted octanol–water partition coefficient (Wildman–Crippen LogP) is 3.84. The van der Waals surface area contributed by atoms with Crippen molar-refractivity contribution in [1.82, 2.24) is 4.72 Å². The van der Waals surface area contributed by atoms with Crippen LogP contribution in [-0.4, -0.2) is 33.3 Å². The van der Waals surface area contributed by atoms with E-state index in [9.17, 15) is 13.2 Å². The zero-order chi connectivity index (χ0) is 22.4. The standard InChI is InChI=1S/C24H23N3O4S/c28-24(17-31-22-13-5-4-12-21(22)18-8-2-1-3-9-18)26-19-10-6-11-20(16-19)32(29,30)27-23-14-7-15-25-23/h1-6,8-13,16H,7,14-15,17H2,(H,25,27)(H,26,28). The van der Waals surface area contributed by atoms with Crippen LogP contribution >= 0.6 is 0 Å². The molecular formula is C24H23N3O4S. The van der Waals surface area contributed by atoms with Gasteiger partial charge in [0.1, 0.15) is 11.6 Å². The number of aliphatic imine (C=N–C) groups is 1. The fourth-order valence-corrected chi connectivity index (χ4v) is 4.50. The number of sulfonamides is 1. The fraction of sp³-hybridized carbons (Fsp3) is 0.167. The Kier molecular flexibility index (Phi) is 6.51. The maximum Gasteiger partial charge on any atom is 0.262 e. The first-order valence-electron chi connectivity index (χ1n) is 10.2. The van der Waals surface area contributed by atoms with Crippen LogP contribution in [0.1, 0.15) is 12.8 Å². The highest BCUT2D eigenvalue weighted by Crippen LogP contribution is 2.29. The van der Waals surface area contributed by atoms with Crippen molar-refractivity contribution in [2.24, 2.45) is 4.99 Å².